The maximum Gasteiger partial charge on any atom is 0.272 e. The van der Waals surface area contributed by atoms with E-state index in [1.165, 1.54) is 6.20 Å². The van der Waals surface area contributed by atoms with Crippen LogP contribution in [-0.4, -0.2) is 58.3 Å². The first-order valence-electron chi connectivity index (χ1n) is 6.89. The molecule has 3 N–H and O–H groups in total. The number of hydrogen-bond donors (Lipinski definition) is 2. The number of hydrogen-bond acceptors (Lipinski definition) is 5. The van der Waals surface area contributed by atoms with Gasteiger partial charge in [-0.25, -0.2) is 0 Å². The third-order valence-corrected chi connectivity index (χ3v) is 3.68. The van der Waals surface area contributed by atoms with Crippen LogP contribution >= 0.6 is 12.2 Å². The average Bonchev–Trinajstić information content (AvgIpc) is 2.53. The number of carbonyl (C=O) groups is 1. The van der Waals surface area contributed by atoms with Crippen LogP contribution in [-0.2, 0) is 4.74 Å². The Morgan fingerprint density at radius 2 is 2.19 bits per heavy atom. The summed E-state index contributed by atoms with van der Waals surface area (Å²) >= 11 is 4.85. The molecule has 21 heavy (non-hydrogen) atoms. The van der Waals surface area contributed by atoms with Crippen molar-refractivity contribution in [3.63, 3.8) is 0 Å². The highest BCUT2D eigenvalue weighted by Gasteiger charge is 2.24. The van der Waals surface area contributed by atoms with Crippen LogP contribution in [0.25, 0.3) is 0 Å². The Bertz CT molecular complexity index is 499. The molecule has 0 atom stereocenters. The summed E-state index contributed by atoms with van der Waals surface area (Å²) in [5.41, 5.74) is 6.55. The molecule has 1 aliphatic heterocycles. The summed E-state index contributed by atoms with van der Waals surface area (Å²) in [6, 6.07) is 3.35. The molecule has 2 rings (SSSR count). The summed E-state index contributed by atoms with van der Waals surface area (Å²) in [6.45, 7) is 1.64. The SMILES string of the molecule is NC(=S)c1ccc(C(=O)N2CCC(OCCO)CC2)nc1. The molecule has 6 nitrogen and oxygen atoms in total. The number of aromatic nitrogens is 1. The number of likely N-dealkylation sites (tertiary alicyclic amines) is 1. The number of carbonyl (C=O) groups excluding carboxylic acids is 1. The topological polar surface area (TPSA) is 88.7 Å². The average molecular weight is 309 g/mol. The zero-order chi connectivity index (χ0) is 15.2. The molecule has 1 fully saturated rings. The Kier molecular flexibility index (Phi) is 5.60. The predicted octanol–water partition coefficient (Wildman–Crippen LogP) is 0.329. The summed E-state index contributed by atoms with van der Waals surface area (Å²) in [5.74, 6) is -0.0925. The highest BCUT2D eigenvalue weighted by Crippen LogP contribution is 2.15. The number of ether oxygens (including phenoxy) is 1. The van der Waals surface area contributed by atoms with Crippen molar-refractivity contribution in [1.29, 1.82) is 0 Å². The first-order chi connectivity index (χ1) is 10.1. The second-order valence-electron chi connectivity index (χ2n) is 4.88. The third kappa shape index (κ3) is 4.20. The molecule has 0 spiro atoms. The van der Waals surface area contributed by atoms with E-state index >= 15 is 0 Å². The molecule has 0 aliphatic carbocycles. The van der Waals surface area contributed by atoms with Crippen LogP contribution in [0.1, 0.15) is 28.9 Å². The van der Waals surface area contributed by atoms with Crippen LogP contribution in [0.15, 0.2) is 18.3 Å². The van der Waals surface area contributed by atoms with Gasteiger partial charge in [0.2, 0.25) is 0 Å². The number of rotatable bonds is 5. The number of aliphatic hydroxyl groups excluding tert-OH is 1. The first-order valence-corrected chi connectivity index (χ1v) is 7.30. The fourth-order valence-corrected chi connectivity index (χ4v) is 2.39. The smallest absolute Gasteiger partial charge is 0.272 e. The zero-order valence-electron chi connectivity index (χ0n) is 11.7. The van der Waals surface area contributed by atoms with Crippen molar-refractivity contribution in [2.24, 2.45) is 5.73 Å². The lowest BCUT2D eigenvalue weighted by atomic mass is 10.1. The number of thiocarbonyl (C=S) groups is 1. The van der Waals surface area contributed by atoms with Gasteiger partial charge in [-0.2, -0.15) is 0 Å². The summed E-state index contributed by atoms with van der Waals surface area (Å²) in [7, 11) is 0. The van der Waals surface area contributed by atoms with E-state index in [0.29, 0.717) is 31.0 Å². The quantitative estimate of drug-likeness (QED) is 0.762. The molecule has 1 amide bonds. The van der Waals surface area contributed by atoms with Crippen LogP contribution in [0.5, 0.6) is 0 Å². The number of piperidine rings is 1. The Hall–Kier alpha value is -1.57. The lowest BCUT2D eigenvalue weighted by Gasteiger charge is -2.31. The molecule has 114 valence electrons. The highest BCUT2D eigenvalue weighted by atomic mass is 32.1. The van der Waals surface area contributed by atoms with Gasteiger partial charge in [0.05, 0.1) is 19.3 Å². The van der Waals surface area contributed by atoms with E-state index in [0.717, 1.165) is 12.8 Å². The fraction of sp³-hybridized carbons (Fsp3) is 0.500. The number of nitrogens with zero attached hydrogens (tertiary/aromatic N) is 2. The van der Waals surface area contributed by atoms with Crippen LogP contribution in [0.4, 0.5) is 0 Å². The molecular weight excluding hydrogens is 290 g/mol. The second-order valence-corrected chi connectivity index (χ2v) is 5.32. The predicted molar refractivity (Wildman–Crippen MR) is 82.1 cm³/mol. The summed E-state index contributed by atoms with van der Waals surface area (Å²) in [5, 5.41) is 8.73. The minimum Gasteiger partial charge on any atom is -0.394 e. The second kappa shape index (κ2) is 7.44. The van der Waals surface area contributed by atoms with E-state index in [4.69, 9.17) is 27.8 Å². The number of nitrogens with two attached hydrogens (primary N) is 1. The van der Waals surface area contributed by atoms with Gasteiger partial charge in [-0.3, -0.25) is 9.78 Å². The molecule has 1 saturated heterocycles. The molecule has 2 heterocycles. The van der Waals surface area contributed by atoms with Crippen molar-refractivity contribution >= 4 is 23.1 Å². The van der Waals surface area contributed by atoms with E-state index < -0.39 is 0 Å². The van der Waals surface area contributed by atoms with Crippen molar-refractivity contribution in [2.75, 3.05) is 26.3 Å². The van der Waals surface area contributed by atoms with E-state index in [1.807, 2.05) is 0 Å². The monoisotopic (exact) mass is 309 g/mol. The van der Waals surface area contributed by atoms with E-state index in [9.17, 15) is 4.79 Å². The summed E-state index contributed by atoms with van der Waals surface area (Å²) in [4.78, 5) is 18.5. The van der Waals surface area contributed by atoms with Gasteiger partial charge in [-0.1, -0.05) is 12.2 Å². The Labute approximate surface area is 128 Å². The number of amides is 1. The summed E-state index contributed by atoms with van der Waals surface area (Å²) in [6.07, 6.45) is 3.19. The molecule has 1 aromatic heterocycles. The van der Waals surface area contributed by atoms with Crippen molar-refractivity contribution in [1.82, 2.24) is 9.88 Å². The van der Waals surface area contributed by atoms with Crippen LogP contribution in [0.2, 0.25) is 0 Å². The minimum atomic E-state index is -0.0925. The Morgan fingerprint density at radius 3 is 2.71 bits per heavy atom. The zero-order valence-corrected chi connectivity index (χ0v) is 12.5. The van der Waals surface area contributed by atoms with Gasteiger partial charge in [0.1, 0.15) is 10.7 Å². The molecule has 1 aliphatic rings. The number of aliphatic hydroxyl groups is 1. The molecule has 0 unspecified atom stereocenters. The largest absolute Gasteiger partial charge is 0.394 e. The minimum absolute atomic E-state index is 0.0262. The Morgan fingerprint density at radius 1 is 1.48 bits per heavy atom. The van der Waals surface area contributed by atoms with Gasteiger partial charge in [0.15, 0.2) is 0 Å². The van der Waals surface area contributed by atoms with Gasteiger partial charge in [0.25, 0.3) is 5.91 Å². The van der Waals surface area contributed by atoms with Crippen LogP contribution in [0.3, 0.4) is 0 Å². The van der Waals surface area contributed by atoms with Gasteiger partial charge in [-0.05, 0) is 25.0 Å². The highest BCUT2D eigenvalue weighted by molar-refractivity contribution is 7.80. The molecule has 0 aromatic carbocycles. The third-order valence-electron chi connectivity index (χ3n) is 3.44. The van der Waals surface area contributed by atoms with Crippen LogP contribution < -0.4 is 5.73 Å². The maximum absolute atomic E-state index is 12.3. The molecule has 0 bridgehead atoms. The number of pyridine rings is 1. The van der Waals surface area contributed by atoms with Crippen molar-refractivity contribution < 1.29 is 14.6 Å². The summed E-state index contributed by atoms with van der Waals surface area (Å²) < 4.78 is 5.48. The lowest BCUT2D eigenvalue weighted by molar-refractivity contribution is -0.00564. The van der Waals surface area contributed by atoms with Gasteiger partial charge in [-0.15, -0.1) is 0 Å². The van der Waals surface area contributed by atoms with Gasteiger partial charge >= 0.3 is 0 Å². The van der Waals surface area contributed by atoms with E-state index in [-0.39, 0.29) is 23.6 Å². The Balaban J connectivity index is 1.91. The first kappa shape index (κ1) is 15.8. The standard InChI is InChI=1S/C14H19N3O3S/c15-13(21)10-1-2-12(16-9-10)14(19)17-5-3-11(4-6-17)20-8-7-18/h1-2,9,11,18H,3-8H2,(H2,15,21). The van der Waals surface area contributed by atoms with E-state index in [1.54, 1.807) is 17.0 Å². The molecule has 0 radical (unpaired) electrons. The molecule has 1 aromatic rings. The molecule has 7 heteroatoms. The van der Waals surface area contributed by atoms with Crippen molar-refractivity contribution in [3.05, 3.63) is 29.6 Å². The van der Waals surface area contributed by atoms with Gasteiger partial charge < -0.3 is 20.5 Å². The van der Waals surface area contributed by atoms with Crippen molar-refractivity contribution in [2.45, 2.75) is 18.9 Å². The van der Waals surface area contributed by atoms with Crippen molar-refractivity contribution in [3.8, 4) is 0 Å². The van der Waals surface area contributed by atoms with Gasteiger partial charge in [0, 0.05) is 24.8 Å². The lowest BCUT2D eigenvalue weighted by Crippen LogP contribution is -2.41. The molecule has 0 saturated carbocycles. The molecular formula is C14H19N3O3S. The fourth-order valence-electron chi connectivity index (χ4n) is 2.27. The maximum atomic E-state index is 12.3. The van der Waals surface area contributed by atoms with E-state index in [2.05, 4.69) is 4.98 Å². The van der Waals surface area contributed by atoms with Crippen LogP contribution in [0, 0.1) is 0 Å². The normalized spacial score (nSPS) is 16.0.